The highest BCUT2D eigenvalue weighted by Gasteiger charge is 2.31. The number of alkyl halides is 3. The number of nitrogens with one attached hydrogen (secondary N) is 1. The number of ether oxygens (including phenoxy) is 1. The summed E-state index contributed by atoms with van der Waals surface area (Å²) in [5, 5.41) is 0.687. The molecule has 0 amide bonds. The predicted octanol–water partition coefficient (Wildman–Crippen LogP) is 3.07. The van der Waals surface area contributed by atoms with E-state index in [1.54, 1.807) is 12.3 Å². The Morgan fingerprint density at radius 3 is 2.64 bits per heavy atom. The van der Waals surface area contributed by atoms with Gasteiger partial charge in [0, 0.05) is 17.1 Å². The third-order valence-electron chi connectivity index (χ3n) is 1.76. The predicted molar refractivity (Wildman–Crippen MR) is 45.0 cm³/mol. The molecular formula is C9H6F3NO. The van der Waals surface area contributed by atoms with E-state index in [-0.39, 0.29) is 5.75 Å². The second-order valence-electron chi connectivity index (χ2n) is 2.77. The summed E-state index contributed by atoms with van der Waals surface area (Å²) in [7, 11) is 0. The lowest BCUT2D eigenvalue weighted by Crippen LogP contribution is -2.16. The lowest BCUT2D eigenvalue weighted by atomic mass is 10.2. The minimum absolute atomic E-state index is 0.204. The van der Waals surface area contributed by atoms with Gasteiger partial charge in [0.2, 0.25) is 0 Å². The third kappa shape index (κ3) is 1.81. The van der Waals surface area contributed by atoms with Crippen molar-refractivity contribution in [3.05, 3.63) is 30.5 Å². The summed E-state index contributed by atoms with van der Waals surface area (Å²) >= 11 is 0. The zero-order chi connectivity index (χ0) is 10.2. The lowest BCUT2D eigenvalue weighted by molar-refractivity contribution is -0.274. The summed E-state index contributed by atoms with van der Waals surface area (Å²) in [6.07, 6.45) is -2.98. The van der Waals surface area contributed by atoms with Gasteiger partial charge in [-0.2, -0.15) is 0 Å². The molecule has 5 heteroatoms. The van der Waals surface area contributed by atoms with Crippen molar-refractivity contribution in [2.75, 3.05) is 0 Å². The number of halogens is 3. The molecule has 0 aliphatic rings. The van der Waals surface area contributed by atoms with Gasteiger partial charge in [-0.1, -0.05) is 0 Å². The monoisotopic (exact) mass is 201 g/mol. The van der Waals surface area contributed by atoms with E-state index < -0.39 is 6.36 Å². The number of hydrogen-bond donors (Lipinski definition) is 1. The molecule has 1 heterocycles. The van der Waals surface area contributed by atoms with Crippen LogP contribution in [0.25, 0.3) is 10.9 Å². The molecule has 0 unspecified atom stereocenters. The Balaban J connectivity index is 2.35. The fourth-order valence-corrected chi connectivity index (χ4v) is 1.23. The van der Waals surface area contributed by atoms with Crippen LogP contribution in [-0.4, -0.2) is 11.3 Å². The molecule has 2 rings (SSSR count). The molecule has 0 saturated carbocycles. The molecule has 2 aromatic rings. The van der Waals surface area contributed by atoms with Crippen molar-refractivity contribution in [1.29, 1.82) is 0 Å². The average Bonchev–Trinajstić information content (AvgIpc) is 2.47. The summed E-state index contributed by atoms with van der Waals surface area (Å²) < 4.78 is 39.3. The van der Waals surface area contributed by atoms with E-state index in [0.717, 1.165) is 5.52 Å². The zero-order valence-electron chi connectivity index (χ0n) is 6.93. The van der Waals surface area contributed by atoms with Gasteiger partial charge in [-0.3, -0.25) is 0 Å². The highest BCUT2D eigenvalue weighted by molar-refractivity contribution is 5.80. The Bertz CT molecular complexity index is 446. The van der Waals surface area contributed by atoms with Gasteiger partial charge < -0.3 is 9.72 Å². The van der Waals surface area contributed by atoms with Crippen LogP contribution < -0.4 is 4.74 Å². The van der Waals surface area contributed by atoms with E-state index in [1.807, 2.05) is 0 Å². The molecule has 0 spiro atoms. The molecule has 0 atom stereocenters. The number of aromatic amines is 1. The first kappa shape index (κ1) is 8.93. The van der Waals surface area contributed by atoms with Crippen LogP contribution in [0.3, 0.4) is 0 Å². The Kier molecular flexibility index (Phi) is 1.87. The van der Waals surface area contributed by atoms with Crippen LogP contribution >= 0.6 is 0 Å². The van der Waals surface area contributed by atoms with Crippen LogP contribution in [0.2, 0.25) is 0 Å². The van der Waals surface area contributed by atoms with Gasteiger partial charge in [0.05, 0.1) is 0 Å². The Morgan fingerprint density at radius 2 is 1.93 bits per heavy atom. The topological polar surface area (TPSA) is 25.0 Å². The zero-order valence-corrected chi connectivity index (χ0v) is 6.93. The minimum Gasteiger partial charge on any atom is -0.406 e. The first-order chi connectivity index (χ1) is 6.54. The summed E-state index contributed by atoms with van der Waals surface area (Å²) in [4.78, 5) is 2.87. The molecule has 14 heavy (non-hydrogen) atoms. The summed E-state index contributed by atoms with van der Waals surface area (Å²) in [6, 6.07) is 5.82. The van der Waals surface area contributed by atoms with Crippen molar-refractivity contribution in [1.82, 2.24) is 4.98 Å². The van der Waals surface area contributed by atoms with Crippen LogP contribution in [0.5, 0.6) is 5.75 Å². The molecule has 74 valence electrons. The van der Waals surface area contributed by atoms with Crippen LogP contribution in [0, 0.1) is 0 Å². The molecule has 2 nitrogen and oxygen atoms in total. The molecule has 1 N–H and O–H groups in total. The first-order valence-corrected chi connectivity index (χ1v) is 3.87. The highest BCUT2D eigenvalue weighted by Crippen LogP contribution is 2.25. The maximum atomic E-state index is 11.8. The van der Waals surface area contributed by atoms with E-state index in [4.69, 9.17) is 0 Å². The number of fused-ring (bicyclic) bond motifs is 1. The quantitative estimate of drug-likeness (QED) is 0.753. The van der Waals surface area contributed by atoms with E-state index in [2.05, 4.69) is 9.72 Å². The largest absolute Gasteiger partial charge is 0.573 e. The molecule has 0 bridgehead atoms. The number of rotatable bonds is 1. The van der Waals surface area contributed by atoms with Crippen molar-refractivity contribution in [3.63, 3.8) is 0 Å². The summed E-state index contributed by atoms with van der Waals surface area (Å²) in [5.41, 5.74) is 0.777. The van der Waals surface area contributed by atoms with Crippen molar-refractivity contribution in [2.45, 2.75) is 6.36 Å². The van der Waals surface area contributed by atoms with Crippen molar-refractivity contribution in [3.8, 4) is 5.75 Å². The van der Waals surface area contributed by atoms with Crippen molar-refractivity contribution in [2.24, 2.45) is 0 Å². The number of benzene rings is 1. The van der Waals surface area contributed by atoms with Gasteiger partial charge in [0.15, 0.2) is 0 Å². The van der Waals surface area contributed by atoms with Crippen LogP contribution in [-0.2, 0) is 0 Å². The molecule has 0 aliphatic heterocycles. The summed E-state index contributed by atoms with van der Waals surface area (Å²) in [5.74, 6) is -0.204. The molecule has 1 aromatic carbocycles. The lowest BCUT2D eigenvalue weighted by Gasteiger charge is -2.08. The fraction of sp³-hybridized carbons (Fsp3) is 0.111. The van der Waals surface area contributed by atoms with Gasteiger partial charge in [-0.05, 0) is 24.3 Å². The Labute approximate surface area is 77.3 Å². The fourth-order valence-electron chi connectivity index (χ4n) is 1.23. The Hall–Kier alpha value is -1.65. The first-order valence-electron chi connectivity index (χ1n) is 3.87. The molecule has 0 fully saturated rings. The second kappa shape index (κ2) is 2.94. The molecule has 0 radical (unpaired) electrons. The van der Waals surface area contributed by atoms with Crippen LogP contribution in [0.15, 0.2) is 30.5 Å². The SMILES string of the molecule is FC(F)(F)Oc1ccc2[nH]ccc2c1. The van der Waals surface area contributed by atoms with Gasteiger partial charge in [0.25, 0.3) is 0 Å². The number of hydrogen-bond acceptors (Lipinski definition) is 1. The number of H-pyrrole nitrogens is 1. The average molecular weight is 201 g/mol. The van der Waals surface area contributed by atoms with Gasteiger partial charge >= 0.3 is 6.36 Å². The summed E-state index contributed by atoms with van der Waals surface area (Å²) in [6.45, 7) is 0. The van der Waals surface area contributed by atoms with E-state index in [9.17, 15) is 13.2 Å². The maximum Gasteiger partial charge on any atom is 0.573 e. The standard InChI is InChI=1S/C9H6F3NO/c10-9(11,12)14-7-1-2-8-6(5-7)3-4-13-8/h1-5,13H. The van der Waals surface area contributed by atoms with Gasteiger partial charge in [-0.15, -0.1) is 13.2 Å². The molecule has 1 aromatic heterocycles. The normalized spacial score (nSPS) is 11.9. The smallest absolute Gasteiger partial charge is 0.406 e. The van der Waals surface area contributed by atoms with Crippen LogP contribution in [0.4, 0.5) is 13.2 Å². The van der Waals surface area contributed by atoms with Gasteiger partial charge in [0.1, 0.15) is 5.75 Å². The highest BCUT2D eigenvalue weighted by atomic mass is 19.4. The second-order valence-corrected chi connectivity index (χ2v) is 2.77. The number of aromatic nitrogens is 1. The molecular weight excluding hydrogens is 195 g/mol. The van der Waals surface area contributed by atoms with E-state index in [1.165, 1.54) is 18.2 Å². The van der Waals surface area contributed by atoms with Crippen LogP contribution in [0.1, 0.15) is 0 Å². The molecule has 0 aliphatic carbocycles. The van der Waals surface area contributed by atoms with Crippen molar-refractivity contribution >= 4 is 10.9 Å². The van der Waals surface area contributed by atoms with E-state index in [0.29, 0.717) is 5.39 Å². The van der Waals surface area contributed by atoms with Gasteiger partial charge in [-0.25, -0.2) is 0 Å². The Morgan fingerprint density at radius 1 is 1.14 bits per heavy atom. The van der Waals surface area contributed by atoms with E-state index >= 15 is 0 Å². The minimum atomic E-state index is -4.63. The maximum absolute atomic E-state index is 11.8. The third-order valence-corrected chi connectivity index (χ3v) is 1.76. The van der Waals surface area contributed by atoms with Crippen molar-refractivity contribution < 1.29 is 17.9 Å². The molecule has 0 saturated heterocycles.